The van der Waals surface area contributed by atoms with Gasteiger partial charge in [-0.1, -0.05) is 34.9 Å². The average Bonchev–Trinajstić information content (AvgIpc) is 3.31. The van der Waals surface area contributed by atoms with Crippen LogP contribution >= 0.6 is 22.9 Å². The molecule has 1 N–H and O–H groups in total. The van der Waals surface area contributed by atoms with Crippen LogP contribution in [0.25, 0.3) is 21.5 Å². The van der Waals surface area contributed by atoms with Crippen LogP contribution < -0.4 is 5.32 Å². The van der Waals surface area contributed by atoms with E-state index in [1.54, 1.807) is 12.1 Å². The molecule has 10 heteroatoms. The zero-order chi connectivity index (χ0) is 20.4. The van der Waals surface area contributed by atoms with E-state index in [0.717, 1.165) is 11.3 Å². The molecule has 0 unspecified atom stereocenters. The maximum absolute atomic E-state index is 13.3. The van der Waals surface area contributed by atoms with Gasteiger partial charge in [0.25, 0.3) is 5.91 Å². The first-order valence-corrected chi connectivity index (χ1v) is 9.44. The van der Waals surface area contributed by atoms with E-state index in [-0.39, 0.29) is 21.8 Å². The Hall–Kier alpha value is -3.30. The van der Waals surface area contributed by atoms with Gasteiger partial charge in [-0.3, -0.25) is 10.1 Å². The number of carbonyl (C=O) groups is 2. The summed E-state index contributed by atoms with van der Waals surface area (Å²) in [6.45, 7) is -0.583. The number of nitrogens with zero attached hydrogens (tertiary/aromatic N) is 2. The predicted octanol–water partition coefficient (Wildman–Crippen LogP) is 4.54. The molecular weight excluding hydrogens is 421 g/mol. The molecule has 0 spiro atoms. The van der Waals surface area contributed by atoms with E-state index in [0.29, 0.717) is 15.6 Å². The molecule has 2 aromatic carbocycles. The number of amides is 1. The lowest BCUT2D eigenvalue weighted by atomic mass is 10.2. The molecule has 2 aromatic heterocycles. The summed E-state index contributed by atoms with van der Waals surface area (Å²) in [6, 6.07) is 12.9. The van der Waals surface area contributed by atoms with E-state index in [2.05, 4.69) is 15.5 Å². The third-order valence-electron chi connectivity index (χ3n) is 3.80. The van der Waals surface area contributed by atoms with Crippen LogP contribution in [0.5, 0.6) is 0 Å². The highest BCUT2D eigenvalue weighted by Crippen LogP contribution is 2.36. The highest BCUT2D eigenvalue weighted by atomic mass is 35.5. The predicted molar refractivity (Wildman–Crippen MR) is 105 cm³/mol. The van der Waals surface area contributed by atoms with E-state index >= 15 is 0 Å². The Balaban J connectivity index is 1.38. The summed E-state index contributed by atoms with van der Waals surface area (Å²) in [5.74, 6) is -1.65. The molecule has 0 saturated heterocycles. The first-order chi connectivity index (χ1) is 14.0. The van der Waals surface area contributed by atoms with E-state index in [9.17, 15) is 14.0 Å². The highest BCUT2D eigenvalue weighted by Gasteiger charge is 2.20. The van der Waals surface area contributed by atoms with Gasteiger partial charge in [0.2, 0.25) is 5.89 Å². The van der Waals surface area contributed by atoms with Gasteiger partial charge in [-0.15, -0.1) is 16.4 Å². The molecular formula is C19H11ClFN3O4S. The molecule has 146 valence electrons. The van der Waals surface area contributed by atoms with Crippen molar-refractivity contribution in [2.75, 3.05) is 11.9 Å². The number of benzene rings is 2. The maximum atomic E-state index is 13.3. The molecule has 0 aliphatic carbocycles. The van der Waals surface area contributed by atoms with Crippen LogP contribution in [0.1, 0.15) is 9.67 Å². The van der Waals surface area contributed by atoms with Crippen LogP contribution in [-0.2, 0) is 9.53 Å². The SMILES string of the molecule is O=C(COC(=O)c1sc2cc(F)ccc2c1Cl)Nc1nnc(-c2ccccc2)o1. The van der Waals surface area contributed by atoms with Gasteiger partial charge in [-0.05, 0) is 30.3 Å². The topological polar surface area (TPSA) is 94.3 Å². The number of anilines is 1. The first-order valence-electron chi connectivity index (χ1n) is 8.24. The van der Waals surface area contributed by atoms with Crippen molar-refractivity contribution in [1.29, 1.82) is 0 Å². The van der Waals surface area contributed by atoms with Gasteiger partial charge in [0.15, 0.2) is 6.61 Å². The Morgan fingerprint density at radius 2 is 1.97 bits per heavy atom. The number of hydrogen-bond acceptors (Lipinski definition) is 7. The zero-order valence-electron chi connectivity index (χ0n) is 14.5. The number of carbonyl (C=O) groups excluding carboxylic acids is 2. The second-order valence-corrected chi connectivity index (χ2v) is 7.22. The minimum absolute atomic E-state index is 0.0872. The Labute approximate surface area is 172 Å². The summed E-state index contributed by atoms with van der Waals surface area (Å²) >= 11 is 7.15. The molecule has 0 radical (unpaired) electrons. The van der Waals surface area contributed by atoms with Crippen molar-refractivity contribution in [3.63, 3.8) is 0 Å². The van der Waals surface area contributed by atoms with Crippen molar-refractivity contribution >= 4 is 50.9 Å². The van der Waals surface area contributed by atoms with E-state index < -0.39 is 24.3 Å². The Kier molecular flexibility index (Phi) is 5.24. The Morgan fingerprint density at radius 3 is 2.76 bits per heavy atom. The van der Waals surface area contributed by atoms with Crippen LogP contribution in [0.2, 0.25) is 5.02 Å². The Morgan fingerprint density at radius 1 is 1.17 bits per heavy atom. The van der Waals surface area contributed by atoms with Gasteiger partial charge >= 0.3 is 12.0 Å². The van der Waals surface area contributed by atoms with Gasteiger partial charge in [0, 0.05) is 15.6 Å². The summed E-state index contributed by atoms with van der Waals surface area (Å²) in [7, 11) is 0. The summed E-state index contributed by atoms with van der Waals surface area (Å²) < 4.78 is 24.2. The monoisotopic (exact) mass is 431 g/mol. The maximum Gasteiger partial charge on any atom is 0.350 e. The van der Waals surface area contributed by atoms with Crippen molar-refractivity contribution in [2.24, 2.45) is 0 Å². The van der Waals surface area contributed by atoms with Crippen molar-refractivity contribution in [2.45, 2.75) is 0 Å². The number of aromatic nitrogens is 2. The summed E-state index contributed by atoms with van der Waals surface area (Å²) in [5, 5.41) is 10.6. The number of nitrogens with one attached hydrogen (secondary N) is 1. The fraction of sp³-hybridized carbons (Fsp3) is 0.0526. The summed E-state index contributed by atoms with van der Waals surface area (Å²) in [4.78, 5) is 24.3. The lowest BCUT2D eigenvalue weighted by Crippen LogP contribution is -2.20. The largest absolute Gasteiger partial charge is 0.451 e. The zero-order valence-corrected chi connectivity index (χ0v) is 16.1. The smallest absolute Gasteiger partial charge is 0.350 e. The minimum atomic E-state index is -0.790. The second kappa shape index (κ2) is 7.98. The van der Waals surface area contributed by atoms with Gasteiger partial charge in [-0.2, -0.15) is 0 Å². The van der Waals surface area contributed by atoms with Gasteiger partial charge in [0.1, 0.15) is 10.7 Å². The molecule has 1 amide bonds. The second-order valence-electron chi connectivity index (χ2n) is 5.79. The number of halogens is 2. The van der Waals surface area contributed by atoms with Gasteiger partial charge in [0.05, 0.1) is 5.02 Å². The number of thiophene rings is 1. The van der Waals surface area contributed by atoms with Crippen molar-refractivity contribution < 1.29 is 23.1 Å². The lowest BCUT2D eigenvalue weighted by Gasteiger charge is -2.03. The average molecular weight is 432 g/mol. The van der Waals surface area contributed by atoms with E-state index in [4.69, 9.17) is 20.8 Å². The number of ether oxygens (including phenoxy) is 1. The van der Waals surface area contributed by atoms with Crippen LogP contribution in [0.4, 0.5) is 10.4 Å². The molecule has 29 heavy (non-hydrogen) atoms. The van der Waals surface area contributed by atoms with Crippen LogP contribution in [0.15, 0.2) is 52.9 Å². The van der Waals surface area contributed by atoms with Crippen molar-refractivity contribution in [1.82, 2.24) is 10.2 Å². The normalized spacial score (nSPS) is 10.8. The van der Waals surface area contributed by atoms with Crippen LogP contribution in [0, 0.1) is 5.82 Å². The minimum Gasteiger partial charge on any atom is -0.451 e. The number of fused-ring (bicyclic) bond motifs is 1. The number of hydrogen-bond donors (Lipinski definition) is 1. The van der Waals surface area contributed by atoms with Crippen LogP contribution in [0.3, 0.4) is 0 Å². The Bertz CT molecular complexity index is 1210. The van der Waals surface area contributed by atoms with E-state index in [1.165, 1.54) is 18.2 Å². The molecule has 7 nitrogen and oxygen atoms in total. The molecule has 0 aliphatic rings. The number of esters is 1. The third-order valence-corrected chi connectivity index (χ3v) is 5.44. The molecule has 0 atom stereocenters. The molecule has 4 aromatic rings. The fourth-order valence-electron chi connectivity index (χ4n) is 2.49. The first kappa shape index (κ1) is 19.0. The summed E-state index contributed by atoms with van der Waals surface area (Å²) in [5.41, 5.74) is 0.697. The molecule has 2 heterocycles. The van der Waals surface area contributed by atoms with Gasteiger partial charge in [-0.25, -0.2) is 9.18 Å². The fourth-order valence-corrected chi connectivity index (χ4v) is 3.92. The van der Waals surface area contributed by atoms with E-state index in [1.807, 2.05) is 18.2 Å². The lowest BCUT2D eigenvalue weighted by molar-refractivity contribution is -0.119. The standard InChI is InChI=1S/C19H11ClFN3O4S/c20-15-12-7-6-11(21)8-13(12)29-16(15)18(26)27-9-14(25)22-19-24-23-17(28-19)10-4-2-1-3-5-10/h1-8H,9H2,(H,22,24,25). The van der Waals surface area contributed by atoms with Gasteiger partial charge < -0.3 is 9.15 Å². The molecule has 0 aliphatic heterocycles. The molecule has 0 fully saturated rings. The van der Waals surface area contributed by atoms with Crippen LogP contribution in [-0.4, -0.2) is 28.7 Å². The summed E-state index contributed by atoms with van der Waals surface area (Å²) in [6.07, 6.45) is 0. The third kappa shape index (κ3) is 4.10. The van der Waals surface area contributed by atoms with Crippen molar-refractivity contribution in [3.8, 4) is 11.5 Å². The highest BCUT2D eigenvalue weighted by molar-refractivity contribution is 7.21. The molecule has 0 saturated carbocycles. The molecule has 4 rings (SSSR count). The quantitative estimate of drug-likeness (QED) is 0.466. The molecule has 0 bridgehead atoms. The van der Waals surface area contributed by atoms with Crippen molar-refractivity contribution in [3.05, 3.63) is 64.2 Å². The number of rotatable bonds is 5.